The van der Waals surface area contributed by atoms with E-state index in [9.17, 15) is 24.6 Å². The topological polar surface area (TPSA) is 242 Å². The van der Waals surface area contributed by atoms with Gasteiger partial charge in [0.25, 0.3) is 0 Å². The molecule has 0 radical (unpaired) electrons. The minimum atomic E-state index is -1.39. The molecule has 0 fully saturated rings. The summed E-state index contributed by atoms with van der Waals surface area (Å²) in [6, 6.07) is 31.8. The van der Waals surface area contributed by atoms with E-state index in [-0.39, 0.29) is 56.3 Å². The molecule has 0 bridgehead atoms. The molecule has 0 amide bonds. The van der Waals surface area contributed by atoms with E-state index in [4.69, 9.17) is 69.0 Å². The number of ether oxygens (including phenoxy) is 3. The number of benzene rings is 3. The lowest BCUT2D eigenvalue weighted by atomic mass is 9.87. The molecule has 0 spiro atoms. The van der Waals surface area contributed by atoms with Gasteiger partial charge in [-0.25, -0.2) is 8.78 Å². The van der Waals surface area contributed by atoms with Crippen molar-refractivity contribution in [1.82, 2.24) is 0 Å². The Morgan fingerprint density at radius 3 is 1.25 bits per heavy atom. The van der Waals surface area contributed by atoms with Gasteiger partial charge in [-0.15, -0.1) is 0 Å². The minimum absolute atomic E-state index is 0.00132. The Labute approximate surface area is 391 Å². The van der Waals surface area contributed by atoms with Crippen molar-refractivity contribution in [3.05, 3.63) is 171 Å². The van der Waals surface area contributed by atoms with E-state index in [1.807, 2.05) is 49.4 Å². The second-order valence-electron chi connectivity index (χ2n) is 14.3. The number of nitrogens with zero attached hydrogens (tertiary/aromatic N) is 9. The molecule has 318 valence electrons. The van der Waals surface area contributed by atoms with Gasteiger partial charge >= 0.3 is 0 Å². The fourth-order valence-electron chi connectivity index (χ4n) is 6.78. The van der Waals surface area contributed by atoms with Crippen LogP contribution in [0.2, 0.25) is 10.0 Å². The van der Waals surface area contributed by atoms with Gasteiger partial charge in [-0.3, -0.25) is 0 Å². The Hall–Kier alpha value is -8.17. The summed E-state index contributed by atoms with van der Waals surface area (Å²) in [6.07, 6.45) is 0. The van der Waals surface area contributed by atoms with Crippen LogP contribution in [0.3, 0.4) is 0 Å². The van der Waals surface area contributed by atoms with Gasteiger partial charge in [-0.1, -0.05) is 57.3 Å². The maximum Gasteiger partial charge on any atom is 0.172 e. The van der Waals surface area contributed by atoms with Crippen molar-refractivity contribution in [2.75, 3.05) is 0 Å². The summed E-state index contributed by atoms with van der Waals surface area (Å²) >= 11 is 15.3. The highest BCUT2D eigenvalue weighted by Gasteiger charge is 2.45. The van der Waals surface area contributed by atoms with Crippen LogP contribution in [0.25, 0.3) is 0 Å². The first-order valence-corrected chi connectivity index (χ1v) is 20.0. The van der Waals surface area contributed by atoms with Crippen LogP contribution in [-0.2, 0) is 31.0 Å². The Kier molecular flexibility index (Phi) is 15.2. The molecule has 0 aliphatic carbocycles. The molecule has 3 aliphatic heterocycles. The zero-order valence-electron chi connectivity index (χ0n) is 34.9. The van der Waals surface area contributed by atoms with E-state index >= 15 is 0 Å². The van der Waals surface area contributed by atoms with Gasteiger partial charge in [0.05, 0.1) is 26.8 Å². The zero-order chi connectivity index (χ0) is 48.6. The molecule has 3 atom stereocenters. The van der Waals surface area contributed by atoms with E-state index in [0.29, 0.717) is 38.4 Å². The van der Waals surface area contributed by atoms with Crippen molar-refractivity contribution in [2.24, 2.45) is 0 Å². The average Bonchev–Trinajstić information content (AvgIpc) is 3.82. The summed E-state index contributed by atoms with van der Waals surface area (Å²) in [5, 5.41) is 82.6. The van der Waals surface area contributed by atoms with Crippen LogP contribution in [0.1, 0.15) is 58.2 Å². The lowest BCUT2D eigenvalue weighted by Crippen LogP contribution is -2.24. The highest BCUT2D eigenvalue weighted by atomic mass is 79.9. The quantitative estimate of drug-likeness (QED) is 0.223. The van der Waals surface area contributed by atoms with Gasteiger partial charge in [-0.05, 0) is 100 Å². The predicted molar refractivity (Wildman–Crippen MR) is 232 cm³/mol. The maximum absolute atomic E-state index is 14.1. The second-order valence-corrected chi connectivity index (χ2v) is 16.0. The molecule has 0 aromatic heterocycles. The summed E-state index contributed by atoms with van der Waals surface area (Å²) in [6.45, 7) is 10.1. The van der Waals surface area contributed by atoms with E-state index in [1.54, 1.807) is 82.3 Å². The molecular formula is C48H28BrCl2F2N9O3. The Balaban J connectivity index is 0.000000213. The maximum atomic E-state index is 14.1. The monoisotopic (exact) mass is 965 g/mol. The Morgan fingerprint density at radius 1 is 0.508 bits per heavy atom. The number of hydrogen-bond acceptors (Lipinski definition) is 12. The molecule has 0 saturated carbocycles. The first-order chi connectivity index (χ1) is 30.7. The molecule has 3 aromatic rings. The predicted octanol–water partition coefficient (Wildman–Crippen LogP) is 11.6. The van der Waals surface area contributed by atoms with Crippen LogP contribution in [0, 0.1) is 114 Å². The van der Waals surface area contributed by atoms with Crippen LogP contribution >= 0.6 is 39.1 Å². The Bertz CT molecular complexity index is 3120. The molecule has 3 aromatic carbocycles. The normalized spacial score (nSPS) is 20.1. The highest BCUT2D eigenvalue weighted by molar-refractivity contribution is 9.10. The fourth-order valence-corrected chi connectivity index (χ4v) is 7.34. The van der Waals surface area contributed by atoms with Crippen molar-refractivity contribution >= 4 is 39.1 Å². The standard InChI is InChI=1S/C16H10BrN3O.C16H9Cl2N3O.C16H9F2N3O/c1-10-14(9-20)15(11(7-18)8-19)21-16(10,2)12-3-5-13(17)6-4-12;1-9-12(8-21)15(10(6-19)7-20)22-16(9,2)11-3-4-13(17)14(18)5-11;1-9-12(8-21)15(10(6-19)7-20)22-16(9,2)13-4-3-11(17)5-14(13)18/h3-6H,1-2H3;2*3-5H,1-2H3. The summed E-state index contributed by atoms with van der Waals surface area (Å²) in [7, 11) is 0. The lowest BCUT2D eigenvalue weighted by molar-refractivity contribution is 0.0691. The number of nitriles is 9. The third kappa shape index (κ3) is 9.17. The zero-order valence-corrected chi connectivity index (χ0v) is 38.0. The average molecular weight is 968 g/mol. The van der Waals surface area contributed by atoms with Crippen molar-refractivity contribution in [3.63, 3.8) is 0 Å². The van der Waals surface area contributed by atoms with Crippen LogP contribution < -0.4 is 0 Å². The lowest BCUT2D eigenvalue weighted by Gasteiger charge is -2.27. The van der Waals surface area contributed by atoms with Gasteiger partial charge in [0, 0.05) is 21.7 Å². The minimum Gasteiger partial charge on any atom is -0.475 e. The van der Waals surface area contributed by atoms with Crippen LogP contribution in [-0.4, -0.2) is 0 Å². The smallest absolute Gasteiger partial charge is 0.172 e. The van der Waals surface area contributed by atoms with Crippen LogP contribution in [0.15, 0.2) is 133 Å². The SMILES string of the molecule is CC1=C(C#N)C(=C(C#N)C#N)OC1(C)c1ccc(Br)cc1.CC1=C(C#N)C(=C(C#N)C#N)OC1(C)c1ccc(Cl)c(Cl)c1.CC1=C(C#N)C(=C(C#N)C#N)OC1(C)c1ccc(F)cc1F. The van der Waals surface area contributed by atoms with Crippen molar-refractivity contribution in [2.45, 2.75) is 58.3 Å². The van der Waals surface area contributed by atoms with E-state index in [0.717, 1.165) is 16.1 Å². The Morgan fingerprint density at radius 2 is 0.877 bits per heavy atom. The molecule has 3 heterocycles. The number of rotatable bonds is 3. The summed E-state index contributed by atoms with van der Waals surface area (Å²) in [5.74, 6) is -1.70. The summed E-state index contributed by atoms with van der Waals surface area (Å²) in [4.78, 5) is 0. The first kappa shape index (κ1) is 49.5. The van der Waals surface area contributed by atoms with Gasteiger partial charge in [0.2, 0.25) is 0 Å². The van der Waals surface area contributed by atoms with E-state index < -0.39 is 28.4 Å². The largest absolute Gasteiger partial charge is 0.475 e. The van der Waals surface area contributed by atoms with Gasteiger partial charge in [0.15, 0.2) is 50.8 Å². The van der Waals surface area contributed by atoms with Crippen LogP contribution in [0.5, 0.6) is 0 Å². The number of hydrogen-bond donors (Lipinski definition) is 0. The van der Waals surface area contributed by atoms with E-state index in [2.05, 4.69) is 15.9 Å². The molecule has 0 N–H and O–H groups in total. The van der Waals surface area contributed by atoms with Gasteiger partial charge < -0.3 is 14.2 Å². The van der Waals surface area contributed by atoms with Gasteiger partial charge in [-0.2, -0.15) is 47.4 Å². The first-order valence-electron chi connectivity index (χ1n) is 18.5. The molecule has 0 saturated heterocycles. The molecule has 6 rings (SSSR count). The number of halogens is 5. The third-order valence-corrected chi connectivity index (χ3v) is 12.1. The molecule has 17 heteroatoms. The highest BCUT2D eigenvalue weighted by Crippen LogP contribution is 2.49. The number of allylic oxidation sites excluding steroid dienone is 6. The van der Waals surface area contributed by atoms with Crippen molar-refractivity contribution < 1.29 is 23.0 Å². The molecule has 65 heavy (non-hydrogen) atoms. The van der Waals surface area contributed by atoms with E-state index in [1.165, 1.54) is 13.0 Å². The summed E-state index contributed by atoms with van der Waals surface area (Å²) in [5.41, 5.74) is -0.425. The molecule has 12 nitrogen and oxygen atoms in total. The van der Waals surface area contributed by atoms with Crippen molar-refractivity contribution in [1.29, 1.82) is 47.4 Å². The molecular weight excluding hydrogens is 939 g/mol. The third-order valence-electron chi connectivity index (χ3n) is 10.9. The fraction of sp³-hybridized carbons (Fsp3) is 0.188. The summed E-state index contributed by atoms with van der Waals surface area (Å²) < 4.78 is 45.4. The van der Waals surface area contributed by atoms with Crippen molar-refractivity contribution in [3.8, 4) is 54.6 Å². The van der Waals surface area contributed by atoms with Gasteiger partial charge in [0.1, 0.15) is 66.3 Å². The molecule has 3 aliphatic rings. The van der Waals surface area contributed by atoms with Crippen LogP contribution in [0.4, 0.5) is 8.78 Å². The molecule has 3 unspecified atom stereocenters. The second kappa shape index (κ2) is 19.9.